The molecule has 0 atom stereocenters. The molecule has 0 aliphatic carbocycles. The Balaban J connectivity index is 1.54. The van der Waals surface area contributed by atoms with Crippen LogP contribution in [0.1, 0.15) is 42.9 Å². The molecule has 0 aliphatic rings. The number of amides is 1. The topological polar surface area (TPSA) is 55.1 Å². The third kappa shape index (κ3) is 4.82. The van der Waals surface area contributed by atoms with Crippen molar-refractivity contribution in [2.75, 3.05) is 0 Å². The highest BCUT2D eigenvalue weighted by Crippen LogP contribution is 2.25. The maximum absolute atomic E-state index is 14.0. The second-order valence-corrected chi connectivity index (χ2v) is 6.84. The molecular formula is C22H23FN2O2. The lowest BCUT2D eigenvalue weighted by atomic mass is 10.0. The van der Waals surface area contributed by atoms with Crippen LogP contribution in [0.25, 0.3) is 11.3 Å². The van der Waals surface area contributed by atoms with Gasteiger partial charge in [0, 0.05) is 24.1 Å². The van der Waals surface area contributed by atoms with E-state index in [0.29, 0.717) is 30.1 Å². The Morgan fingerprint density at radius 3 is 2.59 bits per heavy atom. The second-order valence-electron chi connectivity index (χ2n) is 6.84. The molecule has 0 radical (unpaired) electrons. The van der Waals surface area contributed by atoms with Gasteiger partial charge in [-0.3, -0.25) is 4.79 Å². The average molecular weight is 366 g/mol. The quantitative estimate of drug-likeness (QED) is 0.650. The maximum Gasteiger partial charge on any atom is 0.220 e. The van der Waals surface area contributed by atoms with Gasteiger partial charge in [0.25, 0.3) is 0 Å². The van der Waals surface area contributed by atoms with Crippen LogP contribution in [0.5, 0.6) is 0 Å². The first-order valence-corrected chi connectivity index (χ1v) is 9.08. The molecule has 0 saturated carbocycles. The molecular weight excluding hydrogens is 343 g/mol. The molecule has 0 unspecified atom stereocenters. The zero-order valence-electron chi connectivity index (χ0n) is 15.5. The van der Waals surface area contributed by atoms with E-state index in [0.717, 1.165) is 11.1 Å². The Bertz CT molecular complexity index is 901. The molecule has 0 spiro atoms. The zero-order valence-corrected chi connectivity index (χ0v) is 15.5. The fraction of sp³-hybridized carbons (Fsp3) is 0.273. The van der Waals surface area contributed by atoms with E-state index < -0.39 is 0 Å². The Labute approximate surface area is 158 Å². The molecule has 0 saturated heterocycles. The van der Waals surface area contributed by atoms with E-state index in [4.69, 9.17) is 4.52 Å². The summed E-state index contributed by atoms with van der Waals surface area (Å²) in [7, 11) is 0. The van der Waals surface area contributed by atoms with E-state index in [1.54, 1.807) is 18.2 Å². The summed E-state index contributed by atoms with van der Waals surface area (Å²) in [5, 5.41) is 6.81. The summed E-state index contributed by atoms with van der Waals surface area (Å²) in [4.78, 5) is 12.2. The molecule has 3 rings (SSSR count). The van der Waals surface area contributed by atoms with Crippen LogP contribution in [0.4, 0.5) is 4.39 Å². The number of hydrogen-bond acceptors (Lipinski definition) is 3. The minimum absolute atomic E-state index is 0.0661. The number of aromatic nitrogens is 1. The van der Waals surface area contributed by atoms with Gasteiger partial charge in [0.2, 0.25) is 5.91 Å². The van der Waals surface area contributed by atoms with Gasteiger partial charge in [-0.15, -0.1) is 0 Å². The predicted octanol–water partition coefficient (Wildman–Crippen LogP) is 4.85. The van der Waals surface area contributed by atoms with Crippen molar-refractivity contribution in [1.29, 1.82) is 0 Å². The highest BCUT2D eigenvalue weighted by molar-refractivity contribution is 5.76. The van der Waals surface area contributed by atoms with Crippen molar-refractivity contribution in [2.45, 2.75) is 39.2 Å². The minimum Gasteiger partial charge on any atom is -0.364 e. The molecule has 1 aromatic heterocycles. The third-order valence-corrected chi connectivity index (χ3v) is 4.53. The van der Waals surface area contributed by atoms with Gasteiger partial charge < -0.3 is 9.84 Å². The minimum atomic E-state index is -0.359. The highest BCUT2D eigenvalue weighted by atomic mass is 19.1. The normalized spacial score (nSPS) is 11.0. The monoisotopic (exact) mass is 366 g/mol. The van der Waals surface area contributed by atoms with Gasteiger partial charge in [-0.05, 0) is 35.6 Å². The fourth-order valence-corrected chi connectivity index (χ4v) is 2.87. The molecule has 1 heterocycles. The van der Waals surface area contributed by atoms with Crippen molar-refractivity contribution in [2.24, 2.45) is 0 Å². The number of rotatable bonds is 7. The number of halogens is 1. The van der Waals surface area contributed by atoms with Crippen molar-refractivity contribution in [1.82, 2.24) is 10.5 Å². The molecule has 3 aromatic rings. The van der Waals surface area contributed by atoms with E-state index in [1.807, 2.05) is 12.1 Å². The molecule has 1 amide bonds. The summed E-state index contributed by atoms with van der Waals surface area (Å²) in [5.74, 6) is 0.0615. The summed E-state index contributed by atoms with van der Waals surface area (Å²) in [5.41, 5.74) is 3.89. The molecule has 0 bridgehead atoms. The molecule has 27 heavy (non-hydrogen) atoms. The first kappa shape index (κ1) is 18.8. The van der Waals surface area contributed by atoms with Crippen LogP contribution >= 0.6 is 0 Å². The lowest BCUT2D eigenvalue weighted by molar-refractivity contribution is -0.121. The molecule has 0 aliphatic heterocycles. The van der Waals surface area contributed by atoms with Crippen LogP contribution in [0.15, 0.2) is 59.3 Å². The van der Waals surface area contributed by atoms with E-state index in [9.17, 15) is 9.18 Å². The number of benzene rings is 2. The lowest BCUT2D eigenvalue weighted by Crippen LogP contribution is -2.23. The number of aryl methyl sites for hydroxylation is 1. The number of carbonyl (C=O) groups excluding carboxylic acids is 1. The van der Waals surface area contributed by atoms with Gasteiger partial charge in [-0.25, -0.2) is 4.39 Å². The van der Waals surface area contributed by atoms with E-state index in [2.05, 4.69) is 36.5 Å². The summed E-state index contributed by atoms with van der Waals surface area (Å²) in [6, 6.07) is 14.6. The predicted molar refractivity (Wildman–Crippen MR) is 103 cm³/mol. The standard InChI is InChI=1S/C22H23FN2O2/c1-15(2)17-9-7-16(8-10-17)13-24-21(26)12-11-18-14-27-25-22(18)19-5-3-4-6-20(19)23/h3-10,14-15H,11-13H2,1-2H3,(H,24,26). The highest BCUT2D eigenvalue weighted by Gasteiger charge is 2.15. The van der Waals surface area contributed by atoms with Gasteiger partial charge in [0.1, 0.15) is 17.8 Å². The zero-order chi connectivity index (χ0) is 19.2. The first-order valence-electron chi connectivity index (χ1n) is 9.08. The van der Waals surface area contributed by atoms with Gasteiger partial charge in [-0.1, -0.05) is 55.4 Å². The van der Waals surface area contributed by atoms with Crippen molar-refractivity contribution >= 4 is 5.91 Å². The van der Waals surface area contributed by atoms with Crippen molar-refractivity contribution < 1.29 is 13.7 Å². The van der Waals surface area contributed by atoms with Gasteiger partial charge in [0.15, 0.2) is 0 Å². The van der Waals surface area contributed by atoms with Gasteiger partial charge >= 0.3 is 0 Å². The van der Waals surface area contributed by atoms with Crippen LogP contribution in [0, 0.1) is 5.82 Å². The van der Waals surface area contributed by atoms with Crippen LogP contribution < -0.4 is 5.32 Å². The van der Waals surface area contributed by atoms with E-state index in [1.165, 1.54) is 17.9 Å². The third-order valence-electron chi connectivity index (χ3n) is 4.53. The Morgan fingerprint density at radius 1 is 1.15 bits per heavy atom. The van der Waals surface area contributed by atoms with Crippen LogP contribution in [0.3, 0.4) is 0 Å². The molecule has 5 heteroatoms. The van der Waals surface area contributed by atoms with Crippen LogP contribution in [-0.4, -0.2) is 11.1 Å². The van der Waals surface area contributed by atoms with E-state index in [-0.39, 0.29) is 18.1 Å². The Morgan fingerprint density at radius 2 is 1.89 bits per heavy atom. The summed E-state index contributed by atoms with van der Waals surface area (Å²) in [6.45, 7) is 4.79. The number of carbonyl (C=O) groups is 1. The average Bonchev–Trinajstić information content (AvgIpc) is 3.13. The summed E-state index contributed by atoms with van der Waals surface area (Å²) >= 11 is 0. The molecule has 140 valence electrons. The van der Waals surface area contributed by atoms with Crippen LogP contribution in [-0.2, 0) is 17.8 Å². The molecule has 0 fully saturated rings. The largest absolute Gasteiger partial charge is 0.364 e. The van der Waals surface area contributed by atoms with Gasteiger partial charge in [0.05, 0.1) is 0 Å². The Kier molecular flexibility index (Phi) is 6.01. The maximum atomic E-state index is 14.0. The summed E-state index contributed by atoms with van der Waals surface area (Å²) in [6.07, 6.45) is 2.19. The number of nitrogens with one attached hydrogen (secondary N) is 1. The van der Waals surface area contributed by atoms with Crippen LogP contribution in [0.2, 0.25) is 0 Å². The number of nitrogens with zero attached hydrogens (tertiary/aromatic N) is 1. The first-order chi connectivity index (χ1) is 13.0. The Hall–Kier alpha value is -2.95. The SMILES string of the molecule is CC(C)c1ccc(CNC(=O)CCc2conc2-c2ccccc2F)cc1. The van der Waals surface area contributed by atoms with Crippen molar-refractivity contribution in [3.8, 4) is 11.3 Å². The smallest absolute Gasteiger partial charge is 0.220 e. The van der Waals surface area contributed by atoms with Crippen molar-refractivity contribution in [3.63, 3.8) is 0 Å². The van der Waals surface area contributed by atoms with Crippen molar-refractivity contribution in [3.05, 3.63) is 77.3 Å². The fourth-order valence-electron chi connectivity index (χ4n) is 2.87. The molecule has 4 nitrogen and oxygen atoms in total. The van der Waals surface area contributed by atoms with E-state index >= 15 is 0 Å². The molecule has 2 aromatic carbocycles. The second kappa shape index (κ2) is 8.62. The molecule has 1 N–H and O–H groups in total. The lowest BCUT2D eigenvalue weighted by Gasteiger charge is -2.08. The number of hydrogen-bond donors (Lipinski definition) is 1. The summed E-state index contributed by atoms with van der Waals surface area (Å²) < 4.78 is 19.0. The van der Waals surface area contributed by atoms with Gasteiger partial charge in [-0.2, -0.15) is 0 Å².